The van der Waals surface area contributed by atoms with Crippen LogP contribution in [0.5, 0.6) is 0 Å². The monoisotopic (exact) mass is 384 g/mol. The van der Waals surface area contributed by atoms with Crippen LogP contribution in [0.3, 0.4) is 0 Å². The summed E-state index contributed by atoms with van der Waals surface area (Å²) in [6.07, 6.45) is 2.39. The van der Waals surface area contributed by atoms with Gasteiger partial charge in [-0.2, -0.15) is 0 Å². The van der Waals surface area contributed by atoms with Crippen molar-refractivity contribution in [1.29, 1.82) is 0 Å². The van der Waals surface area contributed by atoms with E-state index in [9.17, 15) is 19.5 Å². The molecule has 1 aliphatic carbocycles. The summed E-state index contributed by atoms with van der Waals surface area (Å²) in [7, 11) is 0. The number of carbonyl (C=O) groups excluding carboxylic acids is 2. The molecule has 2 aliphatic rings. The lowest BCUT2D eigenvalue weighted by Crippen LogP contribution is -2.47. The predicted molar refractivity (Wildman–Crippen MR) is 92.8 cm³/mol. The van der Waals surface area contributed by atoms with Gasteiger partial charge in [0.25, 0.3) is 5.91 Å². The highest BCUT2D eigenvalue weighted by atomic mass is 35.5. The molecule has 0 spiro atoms. The number of carboxylic acids is 1. The number of halogens is 2. The normalized spacial score (nSPS) is 21.0. The molecule has 0 aromatic heterocycles. The fourth-order valence-corrected chi connectivity index (χ4v) is 3.64. The van der Waals surface area contributed by atoms with Crippen LogP contribution >= 0.6 is 23.2 Å². The number of benzene rings is 1. The summed E-state index contributed by atoms with van der Waals surface area (Å²) in [6, 6.07) is 3.98. The van der Waals surface area contributed by atoms with Crippen molar-refractivity contribution in [2.24, 2.45) is 5.41 Å². The third-order valence-corrected chi connectivity index (χ3v) is 5.27. The van der Waals surface area contributed by atoms with E-state index in [-0.39, 0.29) is 18.4 Å². The van der Waals surface area contributed by atoms with Crippen molar-refractivity contribution in [3.8, 4) is 0 Å². The summed E-state index contributed by atoms with van der Waals surface area (Å²) in [4.78, 5) is 37.9. The van der Waals surface area contributed by atoms with Crippen LogP contribution in [0.15, 0.2) is 18.2 Å². The zero-order valence-electron chi connectivity index (χ0n) is 13.4. The van der Waals surface area contributed by atoms with E-state index in [1.807, 2.05) is 0 Å². The molecule has 1 atom stereocenters. The first kappa shape index (κ1) is 18.0. The molecule has 1 unspecified atom stereocenters. The van der Waals surface area contributed by atoms with Crippen LogP contribution in [0.25, 0.3) is 0 Å². The van der Waals surface area contributed by atoms with Gasteiger partial charge in [-0.05, 0) is 43.9 Å². The van der Waals surface area contributed by atoms with E-state index in [0.717, 1.165) is 0 Å². The standard InChI is InChI=1S/C17H18Cl2N2O4/c18-11-6-10(7-12(19)8-11)15(23)21-5-1-2-13(21)14(22)20-9-17(3-4-17)16(24)25/h6-8,13H,1-5,9H2,(H,20,22)(H,24,25). The second kappa shape index (κ2) is 6.84. The van der Waals surface area contributed by atoms with Crippen molar-refractivity contribution in [2.75, 3.05) is 13.1 Å². The number of aliphatic carboxylic acids is 1. The minimum atomic E-state index is -0.888. The van der Waals surface area contributed by atoms with E-state index < -0.39 is 17.4 Å². The Balaban J connectivity index is 1.68. The molecule has 2 N–H and O–H groups in total. The predicted octanol–water partition coefficient (Wildman–Crippen LogP) is 2.58. The second-order valence-corrected chi connectivity index (χ2v) is 7.49. The number of rotatable bonds is 5. The molecular formula is C17H18Cl2N2O4. The molecule has 0 radical (unpaired) electrons. The number of carboxylic acid groups (broad SMARTS) is 1. The average Bonchev–Trinajstić information content (AvgIpc) is 3.19. The van der Waals surface area contributed by atoms with Gasteiger partial charge in [0.05, 0.1) is 5.41 Å². The van der Waals surface area contributed by atoms with E-state index in [4.69, 9.17) is 23.2 Å². The Labute approximate surface area is 155 Å². The Bertz CT molecular complexity index is 713. The van der Waals surface area contributed by atoms with Crippen molar-refractivity contribution in [1.82, 2.24) is 10.2 Å². The van der Waals surface area contributed by atoms with Crippen molar-refractivity contribution >= 4 is 41.0 Å². The summed E-state index contributed by atoms with van der Waals surface area (Å²) in [5.41, 5.74) is -0.495. The van der Waals surface area contributed by atoms with Crippen molar-refractivity contribution in [3.05, 3.63) is 33.8 Å². The average molecular weight is 385 g/mol. The lowest BCUT2D eigenvalue weighted by molar-refractivity contribution is -0.143. The third kappa shape index (κ3) is 3.75. The van der Waals surface area contributed by atoms with Crippen LogP contribution in [0.1, 0.15) is 36.0 Å². The highest BCUT2D eigenvalue weighted by molar-refractivity contribution is 6.35. The molecule has 1 aliphatic heterocycles. The van der Waals surface area contributed by atoms with E-state index in [2.05, 4.69) is 5.32 Å². The maximum Gasteiger partial charge on any atom is 0.311 e. The van der Waals surface area contributed by atoms with Gasteiger partial charge in [0.1, 0.15) is 6.04 Å². The maximum absolute atomic E-state index is 12.7. The van der Waals surface area contributed by atoms with Gasteiger partial charge in [-0.15, -0.1) is 0 Å². The second-order valence-electron chi connectivity index (χ2n) is 6.62. The lowest BCUT2D eigenvalue weighted by atomic mass is 10.1. The molecule has 2 fully saturated rings. The smallest absolute Gasteiger partial charge is 0.311 e. The first-order chi connectivity index (χ1) is 11.8. The first-order valence-electron chi connectivity index (χ1n) is 8.11. The summed E-state index contributed by atoms with van der Waals surface area (Å²) in [5.74, 6) is -1.51. The summed E-state index contributed by atoms with van der Waals surface area (Å²) < 4.78 is 0. The maximum atomic E-state index is 12.7. The Kier molecular flexibility index (Phi) is 4.93. The Morgan fingerprint density at radius 3 is 2.40 bits per heavy atom. The minimum Gasteiger partial charge on any atom is -0.481 e. The van der Waals surface area contributed by atoms with Gasteiger partial charge in [0, 0.05) is 28.7 Å². The molecule has 134 valence electrons. The van der Waals surface area contributed by atoms with Crippen LogP contribution in [-0.2, 0) is 9.59 Å². The Morgan fingerprint density at radius 2 is 1.84 bits per heavy atom. The van der Waals surface area contributed by atoms with E-state index >= 15 is 0 Å². The van der Waals surface area contributed by atoms with Gasteiger partial charge in [-0.3, -0.25) is 14.4 Å². The molecule has 1 saturated heterocycles. The zero-order chi connectivity index (χ0) is 18.2. The molecular weight excluding hydrogens is 367 g/mol. The number of nitrogens with one attached hydrogen (secondary N) is 1. The fraction of sp³-hybridized carbons (Fsp3) is 0.471. The minimum absolute atomic E-state index is 0.0999. The summed E-state index contributed by atoms with van der Waals surface area (Å²) in [6.45, 7) is 0.563. The first-order valence-corrected chi connectivity index (χ1v) is 8.86. The molecule has 1 saturated carbocycles. The molecule has 1 aromatic rings. The van der Waals surface area contributed by atoms with Crippen LogP contribution < -0.4 is 5.32 Å². The number of hydrogen-bond acceptors (Lipinski definition) is 3. The van der Waals surface area contributed by atoms with Crippen LogP contribution in [0.4, 0.5) is 0 Å². The third-order valence-electron chi connectivity index (χ3n) is 4.83. The molecule has 8 heteroatoms. The van der Waals surface area contributed by atoms with Gasteiger partial charge < -0.3 is 15.3 Å². The number of amides is 2. The molecule has 2 amide bonds. The lowest BCUT2D eigenvalue weighted by Gasteiger charge is -2.25. The largest absolute Gasteiger partial charge is 0.481 e. The van der Waals surface area contributed by atoms with Gasteiger partial charge in [0.15, 0.2) is 0 Å². The zero-order valence-corrected chi connectivity index (χ0v) is 14.9. The van der Waals surface area contributed by atoms with Crippen molar-refractivity contribution in [2.45, 2.75) is 31.7 Å². The topological polar surface area (TPSA) is 86.7 Å². The van der Waals surface area contributed by atoms with E-state index in [1.54, 1.807) is 0 Å². The van der Waals surface area contributed by atoms with Crippen molar-refractivity contribution < 1.29 is 19.5 Å². The molecule has 25 heavy (non-hydrogen) atoms. The van der Waals surface area contributed by atoms with Crippen molar-refractivity contribution in [3.63, 3.8) is 0 Å². The van der Waals surface area contributed by atoms with Gasteiger partial charge in [-0.1, -0.05) is 23.2 Å². The molecule has 0 bridgehead atoms. The number of likely N-dealkylation sites (tertiary alicyclic amines) is 1. The summed E-state index contributed by atoms with van der Waals surface area (Å²) in [5, 5.41) is 12.6. The quantitative estimate of drug-likeness (QED) is 0.816. The van der Waals surface area contributed by atoms with Crippen LogP contribution in [0, 0.1) is 5.41 Å². The number of carbonyl (C=O) groups is 3. The van der Waals surface area contributed by atoms with E-state index in [1.165, 1.54) is 23.1 Å². The molecule has 1 heterocycles. The van der Waals surface area contributed by atoms with E-state index in [0.29, 0.717) is 47.8 Å². The molecule has 1 aromatic carbocycles. The van der Waals surface area contributed by atoms with Gasteiger partial charge in [-0.25, -0.2) is 0 Å². The molecule has 3 rings (SSSR count). The Morgan fingerprint density at radius 1 is 1.20 bits per heavy atom. The number of hydrogen-bond donors (Lipinski definition) is 2. The SMILES string of the molecule is O=C(NCC1(C(=O)O)CC1)C1CCCN1C(=O)c1cc(Cl)cc(Cl)c1. The fourth-order valence-electron chi connectivity index (χ4n) is 3.12. The Hall–Kier alpha value is -1.79. The van der Waals surface area contributed by atoms with Crippen LogP contribution in [-0.4, -0.2) is 46.9 Å². The summed E-state index contributed by atoms with van der Waals surface area (Å²) >= 11 is 11.9. The van der Waals surface area contributed by atoms with Gasteiger partial charge >= 0.3 is 5.97 Å². The highest BCUT2D eigenvalue weighted by Crippen LogP contribution is 2.45. The van der Waals surface area contributed by atoms with Crippen LogP contribution in [0.2, 0.25) is 10.0 Å². The number of nitrogens with zero attached hydrogens (tertiary/aromatic N) is 1. The molecule has 6 nitrogen and oxygen atoms in total. The van der Waals surface area contributed by atoms with Gasteiger partial charge in [0.2, 0.25) is 5.91 Å². The highest BCUT2D eigenvalue weighted by Gasteiger charge is 2.50.